The molecule has 0 bridgehead atoms. The number of nitrogens with zero attached hydrogens (tertiary/aromatic N) is 3. The first-order valence-electron chi connectivity index (χ1n) is 9.14. The number of hydrogen-bond acceptors (Lipinski definition) is 5. The van der Waals surface area contributed by atoms with E-state index < -0.39 is 10.0 Å². The van der Waals surface area contributed by atoms with Crippen LogP contribution in [-0.4, -0.2) is 49.8 Å². The lowest BCUT2D eigenvalue weighted by atomic mass is 9.98. The van der Waals surface area contributed by atoms with Crippen LogP contribution >= 0.6 is 0 Å². The third kappa shape index (κ3) is 3.82. The maximum absolute atomic E-state index is 13.0. The van der Waals surface area contributed by atoms with Gasteiger partial charge in [-0.25, -0.2) is 8.42 Å². The minimum Gasteiger partial charge on any atom is -0.493 e. The maximum Gasteiger partial charge on any atom is 0.246 e. The summed E-state index contributed by atoms with van der Waals surface area (Å²) in [6, 6.07) is 5.86. The van der Waals surface area contributed by atoms with Gasteiger partial charge in [-0.1, -0.05) is 6.07 Å². The second-order valence-corrected chi connectivity index (χ2v) is 8.73. The summed E-state index contributed by atoms with van der Waals surface area (Å²) in [5.41, 5.74) is 1.81. The molecule has 1 aromatic heterocycles. The number of aryl methyl sites for hydroxylation is 1. The largest absolute Gasteiger partial charge is 0.493 e. The summed E-state index contributed by atoms with van der Waals surface area (Å²) in [4.78, 5) is 0.316. The Labute approximate surface area is 160 Å². The second-order valence-electron chi connectivity index (χ2n) is 6.82. The van der Waals surface area contributed by atoms with E-state index in [-0.39, 0.29) is 5.92 Å². The van der Waals surface area contributed by atoms with Crippen LogP contribution in [0.25, 0.3) is 0 Å². The van der Waals surface area contributed by atoms with Gasteiger partial charge in [-0.05, 0) is 50.3 Å². The number of ether oxygens (including phenoxy) is 2. The Morgan fingerprint density at radius 1 is 1.22 bits per heavy atom. The molecule has 0 spiro atoms. The SMILES string of the molecule is CCn1ncc(S(=O)(=O)N2CCC(Cc3ccc(OC)c(OC)c3)C2)c1C. The van der Waals surface area contributed by atoms with Crippen molar-refractivity contribution in [1.29, 1.82) is 0 Å². The van der Waals surface area contributed by atoms with Gasteiger partial charge in [0.1, 0.15) is 4.90 Å². The molecule has 1 fully saturated rings. The van der Waals surface area contributed by atoms with Gasteiger partial charge < -0.3 is 9.47 Å². The molecular weight excluding hydrogens is 366 g/mol. The van der Waals surface area contributed by atoms with Crippen molar-refractivity contribution in [2.45, 2.75) is 38.1 Å². The topological polar surface area (TPSA) is 73.7 Å². The molecule has 1 aliphatic rings. The zero-order chi connectivity index (χ0) is 19.6. The fraction of sp³-hybridized carbons (Fsp3) is 0.526. The van der Waals surface area contributed by atoms with Crippen LogP contribution in [0.2, 0.25) is 0 Å². The third-order valence-corrected chi connectivity index (χ3v) is 7.16. The minimum atomic E-state index is -3.50. The number of aromatic nitrogens is 2. The lowest BCUT2D eigenvalue weighted by molar-refractivity contribution is 0.354. The van der Waals surface area contributed by atoms with Crippen molar-refractivity contribution in [1.82, 2.24) is 14.1 Å². The monoisotopic (exact) mass is 393 g/mol. The van der Waals surface area contributed by atoms with Crippen LogP contribution in [0, 0.1) is 12.8 Å². The standard InChI is InChI=1S/C19H27N3O4S/c1-5-22-14(2)19(12-20-22)27(23,24)21-9-8-16(13-21)10-15-6-7-17(25-3)18(11-15)26-4/h6-7,11-12,16H,5,8-10,13H2,1-4H3. The van der Waals surface area contributed by atoms with E-state index in [1.807, 2.05) is 25.1 Å². The highest BCUT2D eigenvalue weighted by atomic mass is 32.2. The fourth-order valence-electron chi connectivity index (χ4n) is 3.66. The Balaban J connectivity index is 1.72. The fourth-order valence-corrected chi connectivity index (χ4v) is 5.35. The van der Waals surface area contributed by atoms with Crippen LogP contribution in [0.15, 0.2) is 29.3 Å². The summed E-state index contributed by atoms with van der Waals surface area (Å²) >= 11 is 0. The molecule has 2 heterocycles. The van der Waals surface area contributed by atoms with Crippen molar-refractivity contribution in [2.24, 2.45) is 5.92 Å². The molecule has 0 saturated carbocycles. The molecule has 1 aliphatic heterocycles. The minimum absolute atomic E-state index is 0.277. The van der Waals surface area contributed by atoms with Gasteiger partial charge in [-0.3, -0.25) is 4.68 Å². The van der Waals surface area contributed by atoms with Gasteiger partial charge in [0.15, 0.2) is 11.5 Å². The van der Waals surface area contributed by atoms with Crippen LogP contribution < -0.4 is 9.47 Å². The van der Waals surface area contributed by atoms with Crippen LogP contribution in [-0.2, 0) is 23.0 Å². The van der Waals surface area contributed by atoms with Gasteiger partial charge in [-0.2, -0.15) is 9.40 Å². The van der Waals surface area contributed by atoms with Gasteiger partial charge in [0.2, 0.25) is 10.0 Å². The zero-order valence-electron chi connectivity index (χ0n) is 16.3. The lowest BCUT2D eigenvalue weighted by Gasteiger charge is -2.17. The van der Waals surface area contributed by atoms with Crippen LogP contribution in [0.5, 0.6) is 11.5 Å². The molecule has 8 heteroatoms. The smallest absolute Gasteiger partial charge is 0.246 e. The van der Waals surface area contributed by atoms with Gasteiger partial charge in [0.05, 0.1) is 26.1 Å². The average Bonchev–Trinajstić information content (AvgIpc) is 3.28. The van der Waals surface area contributed by atoms with E-state index >= 15 is 0 Å². The van der Waals surface area contributed by atoms with Crippen LogP contribution in [0.4, 0.5) is 0 Å². The lowest BCUT2D eigenvalue weighted by Crippen LogP contribution is -2.29. The Hall–Kier alpha value is -2.06. The predicted molar refractivity (Wildman–Crippen MR) is 103 cm³/mol. The molecule has 2 aromatic rings. The number of methoxy groups -OCH3 is 2. The number of rotatable bonds is 7. The average molecular weight is 394 g/mol. The molecule has 0 radical (unpaired) electrons. The van der Waals surface area contributed by atoms with Crippen molar-refractivity contribution in [3.63, 3.8) is 0 Å². The molecule has 0 N–H and O–H groups in total. The highest BCUT2D eigenvalue weighted by Crippen LogP contribution is 2.31. The first-order valence-corrected chi connectivity index (χ1v) is 10.6. The number of benzene rings is 1. The molecule has 1 aromatic carbocycles. The predicted octanol–water partition coefficient (Wildman–Crippen LogP) is 2.48. The van der Waals surface area contributed by atoms with Crippen LogP contribution in [0.1, 0.15) is 24.6 Å². The molecule has 0 aliphatic carbocycles. The van der Waals surface area contributed by atoms with Gasteiger partial charge in [0.25, 0.3) is 0 Å². The summed E-state index contributed by atoms with van der Waals surface area (Å²) in [5.74, 6) is 1.67. The van der Waals surface area contributed by atoms with Crippen molar-refractivity contribution in [3.8, 4) is 11.5 Å². The van der Waals surface area contributed by atoms with E-state index in [0.717, 1.165) is 18.4 Å². The Morgan fingerprint density at radius 3 is 2.59 bits per heavy atom. The highest BCUT2D eigenvalue weighted by molar-refractivity contribution is 7.89. The molecule has 27 heavy (non-hydrogen) atoms. The number of hydrogen-bond donors (Lipinski definition) is 0. The molecule has 0 amide bonds. The third-order valence-electron chi connectivity index (χ3n) is 5.20. The Bertz CT molecular complexity index is 908. The quantitative estimate of drug-likeness (QED) is 0.723. The van der Waals surface area contributed by atoms with E-state index in [0.29, 0.717) is 41.7 Å². The summed E-state index contributed by atoms with van der Waals surface area (Å²) in [5, 5.41) is 4.18. The summed E-state index contributed by atoms with van der Waals surface area (Å²) < 4.78 is 39.9. The maximum atomic E-state index is 13.0. The zero-order valence-corrected chi connectivity index (χ0v) is 17.1. The van der Waals surface area contributed by atoms with E-state index in [9.17, 15) is 8.42 Å². The summed E-state index contributed by atoms with van der Waals surface area (Å²) in [7, 11) is -0.276. The Morgan fingerprint density at radius 2 is 1.96 bits per heavy atom. The van der Waals surface area contributed by atoms with Crippen molar-refractivity contribution < 1.29 is 17.9 Å². The molecular formula is C19H27N3O4S. The van der Waals surface area contributed by atoms with Crippen molar-refractivity contribution in [2.75, 3.05) is 27.3 Å². The van der Waals surface area contributed by atoms with Crippen molar-refractivity contribution in [3.05, 3.63) is 35.7 Å². The van der Waals surface area contributed by atoms with Gasteiger partial charge in [-0.15, -0.1) is 0 Å². The number of sulfonamides is 1. The second kappa shape index (κ2) is 7.90. The molecule has 1 atom stereocenters. The summed E-state index contributed by atoms with van der Waals surface area (Å²) in [6.45, 7) is 5.47. The molecule has 1 saturated heterocycles. The Kier molecular flexibility index (Phi) is 5.76. The van der Waals surface area contributed by atoms with Gasteiger partial charge >= 0.3 is 0 Å². The first kappa shape index (κ1) is 19.7. The van der Waals surface area contributed by atoms with Gasteiger partial charge in [0, 0.05) is 19.6 Å². The molecule has 1 unspecified atom stereocenters. The molecule has 3 rings (SSSR count). The van der Waals surface area contributed by atoms with Crippen LogP contribution in [0.3, 0.4) is 0 Å². The normalized spacial score (nSPS) is 18.0. The highest BCUT2D eigenvalue weighted by Gasteiger charge is 2.34. The molecule has 7 nitrogen and oxygen atoms in total. The van der Waals surface area contributed by atoms with E-state index in [1.54, 1.807) is 30.1 Å². The van der Waals surface area contributed by atoms with Crippen molar-refractivity contribution >= 4 is 10.0 Å². The molecule has 148 valence electrons. The van der Waals surface area contributed by atoms with E-state index in [4.69, 9.17) is 9.47 Å². The van der Waals surface area contributed by atoms with E-state index in [2.05, 4.69) is 5.10 Å². The first-order chi connectivity index (χ1) is 12.9. The van der Waals surface area contributed by atoms with E-state index in [1.165, 1.54) is 6.20 Å². The summed E-state index contributed by atoms with van der Waals surface area (Å²) in [6.07, 6.45) is 3.12.